The molecule has 0 saturated carbocycles. The molecule has 0 amide bonds. The van der Waals surface area contributed by atoms with Crippen molar-refractivity contribution in [1.29, 1.82) is 0 Å². The predicted octanol–water partition coefficient (Wildman–Crippen LogP) is 0.883. The van der Waals surface area contributed by atoms with Gasteiger partial charge in [-0.05, 0) is 12.8 Å². The fourth-order valence-corrected chi connectivity index (χ4v) is 1.49. The summed E-state index contributed by atoms with van der Waals surface area (Å²) in [5.74, 6) is 0.437. The minimum atomic E-state index is -3.79. The fourth-order valence-electron chi connectivity index (χ4n) is 0.593. The maximum Gasteiger partial charge on any atom is 0.264 e. The van der Waals surface area contributed by atoms with Crippen LogP contribution in [0.2, 0.25) is 0 Å². The zero-order chi connectivity index (χ0) is 8.91. The molecule has 0 fully saturated rings. The first-order valence-corrected chi connectivity index (χ1v) is 5.95. The van der Waals surface area contributed by atoms with Crippen LogP contribution in [-0.2, 0) is 10.1 Å². The van der Waals surface area contributed by atoms with E-state index in [9.17, 15) is 8.42 Å². The van der Waals surface area contributed by atoms with Crippen LogP contribution in [0.3, 0.4) is 0 Å². The van der Waals surface area contributed by atoms with Gasteiger partial charge in [0.1, 0.15) is 0 Å². The molecule has 0 aromatic heterocycles. The maximum atomic E-state index is 10.2. The van der Waals surface area contributed by atoms with E-state index in [4.69, 9.17) is 4.55 Å². The van der Waals surface area contributed by atoms with Crippen LogP contribution >= 0.6 is 25.3 Å². The van der Waals surface area contributed by atoms with E-state index in [0.717, 1.165) is 0 Å². The van der Waals surface area contributed by atoms with Crippen LogP contribution in [0.15, 0.2) is 0 Å². The third-order valence-corrected chi connectivity index (χ3v) is 3.12. The molecule has 11 heavy (non-hydrogen) atoms. The second-order valence-electron chi connectivity index (χ2n) is 2.26. The lowest BCUT2D eigenvalue weighted by molar-refractivity contribution is 0.480. The highest BCUT2D eigenvalue weighted by Crippen LogP contribution is 2.06. The average molecular weight is 216 g/mol. The van der Waals surface area contributed by atoms with Crippen molar-refractivity contribution >= 4 is 35.4 Å². The van der Waals surface area contributed by atoms with Crippen LogP contribution in [0.1, 0.15) is 12.8 Å². The van der Waals surface area contributed by atoms with Crippen molar-refractivity contribution in [2.75, 3.05) is 11.5 Å². The molecule has 0 rings (SSSR count). The normalized spacial score (nSPS) is 14.8. The quantitative estimate of drug-likeness (QED) is 0.472. The molecule has 0 saturated heterocycles. The lowest BCUT2D eigenvalue weighted by Crippen LogP contribution is -2.07. The highest BCUT2D eigenvalue weighted by atomic mass is 32.2. The summed E-state index contributed by atoms with van der Waals surface area (Å²) in [6.07, 6.45) is 1.10. The second kappa shape index (κ2) is 5.29. The number of rotatable bonds is 5. The van der Waals surface area contributed by atoms with E-state index in [0.29, 0.717) is 18.6 Å². The highest BCUT2D eigenvalue weighted by molar-refractivity contribution is 7.85. The number of hydrogen-bond donors (Lipinski definition) is 3. The van der Waals surface area contributed by atoms with E-state index in [1.807, 2.05) is 0 Å². The highest BCUT2D eigenvalue weighted by Gasteiger charge is 2.06. The summed E-state index contributed by atoms with van der Waals surface area (Å²) in [6.45, 7) is 0. The molecule has 1 N–H and O–H groups in total. The Bertz CT molecular complexity index is 187. The van der Waals surface area contributed by atoms with Gasteiger partial charge in [-0.15, -0.1) is 0 Å². The maximum absolute atomic E-state index is 10.2. The zero-order valence-corrected chi connectivity index (χ0v) is 8.58. The van der Waals surface area contributed by atoms with Gasteiger partial charge in [0.15, 0.2) is 0 Å². The van der Waals surface area contributed by atoms with Crippen molar-refractivity contribution in [2.45, 2.75) is 18.1 Å². The Labute approximate surface area is 78.1 Å². The van der Waals surface area contributed by atoms with Crippen LogP contribution in [0, 0.1) is 0 Å². The second-order valence-corrected chi connectivity index (χ2v) is 4.93. The molecule has 0 bridgehead atoms. The van der Waals surface area contributed by atoms with E-state index in [2.05, 4.69) is 25.3 Å². The van der Waals surface area contributed by atoms with Gasteiger partial charge in [0.25, 0.3) is 10.1 Å². The van der Waals surface area contributed by atoms with Gasteiger partial charge >= 0.3 is 0 Å². The summed E-state index contributed by atoms with van der Waals surface area (Å²) < 4.78 is 28.8. The number of thiol groups is 2. The van der Waals surface area contributed by atoms with Gasteiger partial charge in [-0.2, -0.15) is 33.7 Å². The van der Waals surface area contributed by atoms with Crippen molar-refractivity contribution in [3.63, 3.8) is 0 Å². The summed E-state index contributed by atoms with van der Waals surface area (Å²) >= 11 is 8.08. The summed E-state index contributed by atoms with van der Waals surface area (Å²) in [4.78, 5) is 0. The van der Waals surface area contributed by atoms with Crippen molar-refractivity contribution in [1.82, 2.24) is 0 Å². The van der Waals surface area contributed by atoms with Crippen molar-refractivity contribution in [2.24, 2.45) is 0 Å². The molecule has 0 aliphatic carbocycles. The smallest absolute Gasteiger partial charge is 0.264 e. The molecule has 68 valence electrons. The van der Waals surface area contributed by atoms with E-state index in [1.54, 1.807) is 0 Å². The standard InChI is InChI=1S/C5H12O3S3/c6-11(7,8)3-1-2-5(10)4-9/h5,9-10H,1-4H2,(H,6,7,8). The molecule has 0 aromatic rings. The van der Waals surface area contributed by atoms with Crippen LogP contribution < -0.4 is 0 Å². The molecule has 1 unspecified atom stereocenters. The molecular formula is C5H12O3S3. The molecule has 0 aromatic carbocycles. The lowest BCUT2D eigenvalue weighted by atomic mass is 10.3. The van der Waals surface area contributed by atoms with Crippen LogP contribution in [-0.4, -0.2) is 29.7 Å². The molecule has 3 nitrogen and oxygen atoms in total. The topological polar surface area (TPSA) is 54.4 Å². The molecule has 1 atom stereocenters. The molecule has 0 radical (unpaired) electrons. The van der Waals surface area contributed by atoms with Crippen LogP contribution in [0.5, 0.6) is 0 Å². The Morgan fingerprint density at radius 3 is 2.36 bits per heavy atom. The lowest BCUT2D eigenvalue weighted by Gasteiger charge is -2.04. The van der Waals surface area contributed by atoms with Gasteiger partial charge in [0.05, 0.1) is 5.75 Å². The Kier molecular flexibility index (Phi) is 5.58. The van der Waals surface area contributed by atoms with E-state index < -0.39 is 10.1 Å². The van der Waals surface area contributed by atoms with Crippen molar-refractivity contribution < 1.29 is 13.0 Å². The van der Waals surface area contributed by atoms with E-state index >= 15 is 0 Å². The zero-order valence-electron chi connectivity index (χ0n) is 5.97. The van der Waals surface area contributed by atoms with Gasteiger partial charge in [0.2, 0.25) is 0 Å². The van der Waals surface area contributed by atoms with Crippen LogP contribution in [0.4, 0.5) is 0 Å². The molecule has 0 heterocycles. The van der Waals surface area contributed by atoms with Gasteiger partial charge < -0.3 is 0 Å². The Balaban J connectivity index is 3.43. The van der Waals surface area contributed by atoms with Gasteiger partial charge in [-0.1, -0.05) is 0 Å². The molecule has 6 heteroatoms. The first kappa shape index (κ1) is 11.6. The Hall–Kier alpha value is 0.610. The summed E-state index contributed by atoms with van der Waals surface area (Å²) in [5.41, 5.74) is 0. The fraction of sp³-hybridized carbons (Fsp3) is 1.00. The molecule has 0 aliphatic rings. The third-order valence-electron chi connectivity index (χ3n) is 1.15. The van der Waals surface area contributed by atoms with Crippen molar-refractivity contribution in [3.05, 3.63) is 0 Å². The number of hydrogen-bond acceptors (Lipinski definition) is 4. The molecule has 0 aliphatic heterocycles. The van der Waals surface area contributed by atoms with Gasteiger partial charge in [0, 0.05) is 11.0 Å². The Morgan fingerprint density at radius 2 is 2.00 bits per heavy atom. The molecular weight excluding hydrogens is 204 g/mol. The van der Waals surface area contributed by atoms with E-state index in [-0.39, 0.29) is 11.0 Å². The van der Waals surface area contributed by atoms with Crippen LogP contribution in [0.25, 0.3) is 0 Å². The summed E-state index contributed by atoms with van der Waals surface area (Å²) in [6, 6.07) is 0. The minimum absolute atomic E-state index is 0.111. The predicted molar refractivity (Wildman–Crippen MR) is 52.3 cm³/mol. The summed E-state index contributed by atoms with van der Waals surface area (Å²) in [7, 11) is -3.79. The van der Waals surface area contributed by atoms with Crippen molar-refractivity contribution in [3.8, 4) is 0 Å². The Morgan fingerprint density at radius 1 is 1.45 bits per heavy atom. The first-order valence-electron chi connectivity index (χ1n) is 3.20. The minimum Gasteiger partial charge on any atom is -0.286 e. The first-order chi connectivity index (χ1) is 4.95. The average Bonchev–Trinajstić information content (AvgIpc) is 1.85. The molecule has 0 spiro atoms. The third kappa shape index (κ3) is 8.52. The van der Waals surface area contributed by atoms with E-state index in [1.165, 1.54) is 0 Å². The van der Waals surface area contributed by atoms with Gasteiger partial charge in [-0.3, -0.25) is 4.55 Å². The largest absolute Gasteiger partial charge is 0.286 e. The SMILES string of the molecule is O=S(=O)(O)CCCC(S)CS. The monoisotopic (exact) mass is 216 g/mol. The van der Waals surface area contributed by atoms with Gasteiger partial charge in [-0.25, -0.2) is 0 Å². The summed E-state index contributed by atoms with van der Waals surface area (Å²) in [5, 5.41) is 0.111.